The highest BCUT2D eigenvalue weighted by Crippen LogP contribution is 2.33. The minimum absolute atomic E-state index is 0.0101. The Morgan fingerprint density at radius 3 is 2.22 bits per heavy atom. The van der Waals surface area contributed by atoms with Gasteiger partial charge in [-0.3, -0.25) is 4.79 Å². The Bertz CT molecular complexity index is 1110. The molecule has 0 saturated heterocycles. The van der Waals surface area contributed by atoms with Crippen molar-refractivity contribution >= 4 is 17.3 Å². The molecule has 0 aliphatic heterocycles. The molecule has 3 N–H and O–H groups in total. The molecule has 1 aliphatic carbocycles. The van der Waals surface area contributed by atoms with Crippen molar-refractivity contribution in [1.82, 2.24) is 5.32 Å². The molecule has 1 aliphatic rings. The molecule has 1 fully saturated rings. The van der Waals surface area contributed by atoms with Gasteiger partial charge in [0.2, 0.25) is 5.91 Å². The predicted octanol–water partition coefficient (Wildman–Crippen LogP) is 6.73. The molecular weight excluding hydrogens is 446 g/mol. The number of hydrogen-bond acceptors (Lipinski definition) is 4. The van der Waals surface area contributed by atoms with Crippen LogP contribution in [0, 0.1) is 5.92 Å². The first-order valence-corrected chi connectivity index (χ1v) is 13.1. The van der Waals surface area contributed by atoms with Crippen LogP contribution in [0.3, 0.4) is 0 Å². The van der Waals surface area contributed by atoms with Crippen molar-refractivity contribution in [3.63, 3.8) is 0 Å². The topological polar surface area (TPSA) is 62.4 Å². The second kappa shape index (κ2) is 12.0. The number of ether oxygens (including phenoxy) is 1. The maximum absolute atomic E-state index is 13.9. The second-order valence-electron chi connectivity index (χ2n) is 10.1. The van der Waals surface area contributed by atoms with Crippen LogP contribution in [0.1, 0.15) is 46.0 Å². The van der Waals surface area contributed by atoms with E-state index in [4.69, 9.17) is 4.74 Å². The van der Waals surface area contributed by atoms with Crippen LogP contribution < -0.4 is 20.7 Å². The monoisotopic (exact) mass is 485 g/mol. The number of carbonyl (C=O) groups excluding carboxylic acids is 1. The minimum Gasteiger partial charge on any atom is -0.497 e. The van der Waals surface area contributed by atoms with Crippen molar-refractivity contribution in [1.29, 1.82) is 0 Å². The molecule has 3 aromatic carbocycles. The van der Waals surface area contributed by atoms with E-state index in [2.05, 4.69) is 78.3 Å². The van der Waals surface area contributed by atoms with Crippen LogP contribution in [-0.4, -0.2) is 31.1 Å². The molecule has 0 radical (unpaired) electrons. The van der Waals surface area contributed by atoms with E-state index in [0.717, 1.165) is 48.4 Å². The summed E-state index contributed by atoms with van der Waals surface area (Å²) in [5.74, 6) is 1.22. The van der Waals surface area contributed by atoms with Crippen LogP contribution in [0.15, 0.2) is 78.9 Å². The lowest BCUT2D eigenvalue weighted by Gasteiger charge is -2.39. The van der Waals surface area contributed by atoms with Crippen LogP contribution in [0.25, 0.3) is 11.1 Å². The highest BCUT2D eigenvalue weighted by Gasteiger charge is 2.40. The van der Waals surface area contributed by atoms with Crippen molar-refractivity contribution in [3.8, 4) is 16.9 Å². The summed E-state index contributed by atoms with van der Waals surface area (Å²) in [5.41, 5.74) is 3.73. The molecule has 0 heterocycles. The number of anilines is 2. The quantitative estimate of drug-likeness (QED) is 0.298. The zero-order valence-electron chi connectivity index (χ0n) is 21.7. The molecule has 4 rings (SSSR count). The van der Waals surface area contributed by atoms with E-state index in [1.54, 1.807) is 7.11 Å². The van der Waals surface area contributed by atoms with E-state index in [1.807, 2.05) is 30.3 Å². The Morgan fingerprint density at radius 2 is 1.56 bits per heavy atom. The van der Waals surface area contributed by atoms with Gasteiger partial charge >= 0.3 is 0 Å². The summed E-state index contributed by atoms with van der Waals surface area (Å²) in [6.07, 6.45) is 4.95. The van der Waals surface area contributed by atoms with Crippen molar-refractivity contribution in [3.05, 3.63) is 78.9 Å². The maximum atomic E-state index is 13.9. The van der Waals surface area contributed by atoms with Crippen molar-refractivity contribution in [2.24, 2.45) is 5.92 Å². The lowest BCUT2D eigenvalue weighted by molar-refractivity contribution is -0.127. The number of benzene rings is 3. The van der Waals surface area contributed by atoms with Gasteiger partial charge in [-0.1, -0.05) is 75.6 Å². The van der Waals surface area contributed by atoms with Crippen molar-refractivity contribution in [2.75, 3.05) is 24.3 Å². The maximum Gasteiger partial charge on any atom is 0.245 e. The summed E-state index contributed by atoms with van der Waals surface area (Å²) in [5, 5.41) is 10.6. The molecule has 3 aromatic rings. The van der Waals surface area contributed by atoms with E-state index in [-0.39, 0.29) is 11.9 Å². The summed E-state index contributed by atoms with van der Waals surface area (Å²) < 4.78 is 5.25. The fourth-order valence-corrected chi connectivity index (χ4v) is 4.94. The Morgan fingerprint density at radius 1 is 0.861 bits per heavy atom. The summed E-state index contributed by atoms with van der Waals surface area (Å²) in [6.45, 7) is 4.98. The van der Waals surface area contributed by atoms with Gasteiger partial charge in [-0.25, -0.2) is 0 Å². The van der Waals surface area contributed by atoms with Crippen LogP contribution >= 0.6 is 0 Å². The number of rotatable bonds is 10. The zero-order valence-corrected chi connectivity index (χ0v) is 21.7. The first-order chi connectivity index (χ1) is 17.5. The first-order valence-electron chi connectivity index (χ1n) is 13.1. The van der Waals surface area contributed by atoms with E-state index >= 15 is 0 Å². The van der Waals surface area contributed by atoms with Crippen LogP contribution in [0.4, 0.5) is 11.4 Å². The Kier molecular flexibility index (Phi) is 8.52. The summed E-state index contributed by atoms with van der Waals surface area (Å²) in [7, 11) is 1.67. The fourth-order valence-electron chi connectivity index (χ4n) is 4.94. The van der Waals surface area contributed by atoms with Gasteiger partial charge in [-0.05, 0) is 66.3 Å². The third-order valence-electron chi connectivity index (χ3n) is 7.23. The third-order valence-corrected chi connectivity index (χ3v) is 7.23. The van der Waals surface area contributed by atoms with Gasteiger partial charge in [0.15, 0.2) is 0 Å². The largest absolute Gasteiger partial charge is 0.497 e. The van der Waals surface area contributed by atoms with Gasteiger partial charge in [0, 0.05) is 24.0 Å². The average Bonchev–Trinajstić information content (AvgIpc) is 2.92. The predicted molar refractivity (Wildman–Crippen MR) is 150 cm³/mol. The molecule has 1 amide bonds. The van der Waals surface area contributed by atoms with Crippen LogP contribution in [0.2, 0.25) is 0 Å². The van der Waals surface area contributed by atoms with Gasteiger partial charge in [0.25, 0.3) is 0 Å². The van der Waals surface area contributed by atoms with E-state index in [9.17, 15) is 4.79 Å². The molecule has 5 heteroatoms. The molecule has 36 heavy (non-hydrogen) atoms. The Labute approximate surface area is 215 Å². The summed E-state index contributed by atoms with van der Waals surface area (Å²) >= 11 is 0. The van der Waals surface area contributed by atoms with Crippen LogP contribution in [0.5, 0.6) is 5.75 Å². The molecule has 5 nitrogen and oxygen atoms in total. The number of nitrogens with one attached hydrogen (secondary N) is 3. The highest BCUT2D eigenvalue weighted by atomic mass is 16.5. The molecule has 0 unspecified atom stereocenters. The smallest absolute Gasteiger partial charge is 0.245 e. The highest BCUT2D eigenvalue weighted by molar-refractivity contribution is 5.90. The fraction of sp³-hybridized carbons (Fsp3) is 0.387. The molecular formula is C31H39N3O2. The molecule has 0 spiro atoms. The summed E-state index contributed by atoms with van der Waals surface area (Å²) in [6, 6.07) is 26.7. The van der Waals surface area contributed by atoms with E-state index in [0.29, 0.717) is 12.5 Å². The van der Waals surface area contributed by atoms with Gasteiger partial charge < -0.3 is 20.7 Å². The van der Waals surface area contributed by atoms with Crippen LogP contribution in [-0.2, 0) is 4.79 Å². The van der Waals surface area contributed by atoms with Crippen molar-refractivity contribution < 1.29 is 9.53 Å². The first kappa shape index (κ1) is 25.6. The number of amides is 1. The molecule has 0 aromatic heterocycles. The van der Waals surface area contributed by atoms with Gasteiger partial charge in [-0.2, -0.15) is 0 Å². The Hall–Kier alpha value is -3.47. The minimum atomic E-state index is -0.596. The summed E-state index contributed by atoms with van der Waals surface area (Å²) in [4.78, 5) is 13.9. The van der Waals surface area contributed by atoms with Gasteiger partial charge in [-0.15, -0.1) is 0 Å². The SMILES string of the molecule is COc1ccc(NC[C@@H](NC(=O)C2(Nc3cccc(-c4ccccc4)c3)CCCCC2)C(C)C)cc1. The molecule has 0 bridgehead atoms. The lowest BCUT2D eigenvalue weighted by atomic mass is 9.80. The third kappa shape index (κ3) is 6.39. The van der Waals surface area contributed by atoms with Crippen molar-refractivity contribution in [2.45, 2.75) is 57.5 Å². The standard InChI is InChI=1S/C31H39N3O2/c1-23(2)29(22-32-26-15-17-28(36-3)18-16-26)33-30(35)31(19-8-5-9-20-31)34-27-14-10-13-25(21-27)24-11-6-4-7-12-24/h4,6-7,10-18,21,23,29,32,34H,5,8-9,19-20,22H2,1-3H3,(H,33,35)/t29-/m1/s1. The second-order valence-corrected chi connectivity index (χ2v) is 10.1. The average molecular weight is 486 g/mol. The van der Waals surface area contributed by atoms with Gasteiger partial charge in [0.05, 0.1) is 7.11 Å². The molecule has 190 valence electrons. The van der Waals surface area contributed by atoms with E-state index < -0.39 is 5.54 Å². The number of methoxy groups -OCH3 is 1. The molecule has 1 saturated carbocycles. The lowest BCUT2D eigenvalue weighted by Crippen LogP contribution is -2.57. The zero-order chi connectivity index (χ0) is 25.4. The number of hydrogen-bond donors (Lipinski definition) is 3. The molecule has 1 atom stereocenters. The van der Waals surface area contributed by atoms with Gasteiger partial charge in [0.1, 0.15) is 11.3 Å². The van der Waals surface area contributed by atoms with E-state index in [1.165, 1.54) is 12.0 Å². The number of carbonyl (C=O) groups is 1. The normalized spacial score (nSPS) is 15.7. The Balaban J connectivity index is 1.48.